The molecule has 0 aromatic heterocycles. The molecule has 2 rings (SSSR count). The Morgan fingerprint density at radius 3 is 2.87 bits per heavy atom. The predicted molar refractivity (Wildman–Crippen MR) is 52.2 cm³/mol. The molecule has 1 aliphatic heterocycles. The fourth-order valence-electron chi connectivity index (χ4n) is 1.95. The lowest BCUT2D eigenvalue weighted by atomic mass is 9.95. The fourth-order valence-corrected chi connectivity index (χ4v) is 1.95. The second-order valence-electron chi connectivity index (χ2n) is 3.74. The maximum absolute atomic E-state index is 13.5. The molecule has 4 heteroatoms. The molecule has 2 atom stereocenters. The van der Waals surface area contributed by atoms with Crippen molar-refractivity contribution in [2.24, 2.45) is 11.7 Å². The molecule has 0 spiro atoms. The van der Waals surface area contributed by atoms with E-state index in [4.69, 9.17) is 10.5 Å². The monoisotopic (exact) mass is 213 g/mol. The summed E-state index contributed by atoms with van der Waals surface area (Å²) in [5.74, 6) is -0.996. The standard InChI is InChI=1S/C11H13F2NO/c12-8-1-2-9(10(13)5-8)11-7(6-14)3-4-15-11/h1-2,5,7,11H,3-4,6,14H2. The lowest BCUT2D eigenvalue weighted by Crippen LogP contribution is -2.18. The van der Waals surface area contributed by atoms with Crippen LogP contribution in [0.1, 0.15) is 18.1 Å². The number of rotatable bonds is 2. The van der Waals surface area contributed by atoms with Gasteiger partial charge in [0, 0.05) is 24.2 Å². The Kier molecular flexibility index (Phi) is 2.98. The van der Waals surface area contributed by atoms with Gasteiger partial charge in [0.2, 0.25) is 0 Å². The predicted octanol–water partition coefficient (Wildman–Crippen LogP) is 2.00. The first kappa shape index (κ1) is 10.5. The highest BCUT2D eigenvalue weighted by Gasteiger charge is 2.30. The van der Waals surface area contributed by atoms with Crippen LogP contribution in [0.2, 0.25) is 0 Å². The summed E-state index contributed by atoms with van der Waals surface area (Å²) >= 11 is 0. The van der Waals surface area contributed by atoms with Gasteiger partial charge in [0.1, 0.15) is 11.6 Å². The van der Waals surface area contributed by atoms with Gasteiger partial charge in [-0.2, -0.15) is 0 Å². The van der Waals surface area contributed by atoms with Crippen molar-refractivity contribution in [2.75, 3.05) is 13.2 Å². The van der Waals surface area contributed by atoms with Crippen LogP contribution >= 0.6 is 0 Å². The SMILES string of the molecule is NCC1CCOC1c1ccc(F)cc1F. The maximum Gasteiger partial charge on any atom is 0.131 e. The van der Waals surface area contributed by atoms with Crippen molar-refractivity contribution in [3.05, 3.63) is 35.4 Å². The molecule has 0 radical (unpaired) electrons. The molecule has 0 bridgehead atoms. The normalized spacial score (nSPS) is 25.8. The van der Waals surface area contributed by atoms with Crippen LogP contribution in [0.25, 0.3) is 0 Å². The molecule has 1 aromatic carbocycles. The first-order chi connectivity index (χ1) is 7.22. The lowest BCUT2D eigenvalue weighted by Gasteiger charge is -2.17. The highest BCUT2D eigenvalue weighted by atomic mass is 19.1. The molecule has 1 heterocycles. The van der Waals surface area contributed by atoms with Crippen LogP contribution < -0.4 is 5.73 Å². The molecule has 0 amide bonds. The third-order valence-corrected chi connectivity index (χ3v) is 2.79. The molecule has 1 fully saturated rings. The summed E-state index contributed by atoms with van der Waals surface area (Å²) < 4.78 is 31.6. The van der Waals surface area contributed by atoms with Crippen LogP contribution in [0.15, 0.2) is 18.2 Å². The molecule has 0 aliphatic carbocycles. The van der Waals surface area contributed by atoms with E-state index in [2.05, 4.69) is 0 Å². The van der Waals surface area contributed by atoms with Gasteiger partial charge < -0.3 is 10.5 Å². The Bertz CT molecular complexity index is 356. The zero-order valence-corrected chi connectivity index (χ0v) is 8.25. The van der Waals surface area contributed by atoms with Crippen LogP contribution in [0.5, 0.6) is 0 Å². The van der Waals surface area contributed by atoms with E-state index in [1.165, 1.54) is 12.1 Å². The van der Waals surface area contributed by atoms with Crippen molar-refractivity contribution >= 4 is 0 Å². The molecule has 82 valence electrons. The van der Waals surface area contributed by atoms with Crippen LogP contribution in [0.4, 0.5) is 8.78 Å². The van der Waals surface area contributed by atoms with Gasteiger partial charge in [0.05, 0.1) is 6.10 Å². The summed E-state index contributed by atoms with van der Waals surface area (Å²) in [5.41, 5.74) is 5.97. The van der Waals surface area contributed by atoms with Crippen LogP contribution in [-0.4, -0.2) is 13.2 Å². The van der Waals surface area contributed by atoms with E-state index in [0.717, 1.165) is 12.5 Å². The van der Waals surface area contributed by atoms with Crippen molar-refractivity contribution in [3.8, 4) is 0 Å². The quantitative estimate of drug-likeness (QED) is 0.815. The molecule has 0 saturated carbocycles. The van der Waals surface area contributed by atoms with E-state index in [0.29, 0.717) is 18.7 Å². The summed E-state index contributed by atoms with van der Waals surface area (Å²) in [5, 5.41) is 0. The number of nitrogens with two attached hydrogens (primary N) is 1. The summed E-state index contributed by atoms with van der Waals surface area (Å²) in [6.07, 6.45) is 0.508. The number of benzene rings is 1. The fraction of sp³-hybridized carbons (Fsp3) is 0.455. The first-order valence-electron chi connectivity index (χ1n) is 4.99. The van der Waals surface area contributed by atoms with Gasteiger partial charge >= 0.3 is 0 Å². The van der Waals surface area contributed by atoms with E-state index >= 15 is 0 Å². The van der Waals surface area contributed by atoms with E-state index in [9.17, 15) is 8.78 Å². The van der Waals surface area contributed by atoms with Crippen molar-refractivity contribution in [3.63, 3.8) is 0 Å². The summed E-state index contributed by atoms with van der Waals surface area (Å²) in [6.45, 7) is 1.05. The number of hydrogen-bond donors (Lipinski definition) is 1. The van der Waals surface area contributed by atoms with E-state index in [1.807, 2.05) is 0 Å². The molecule has 1 saturated heterocycles. The minimum atomic E-state index is -0.571. The van der Waals surface area contributed by atoms with Crippen LogP contribution in [0.3, 0.4) is 0 Å². The second-order valence-corrected chi connectivity index (χ2v) is 3.74. The third kappa shape index (κ3) is 2.01. The smallest absolute Gasteiger partial charge is 0.131 e. The third-order valence-electron chi connectivity index (χ3n) is 2.79. The van der Waals surface area contributed by atoms with E-state index < -0.39 is 11.6 Å². The van der Waals surface area contributed by atoms with Gasteiger partial charge in [-0.15, -0.1) is 0 Å². The molecule has 2 nitrogen and oxygen atoms in total. The number of hydrogen-bond acceptors (Lipinski definition) is 2. The highest BCUT2D eigenvalue weighted by Crippen LogP contribution is 2.35. The Labute approximate surface area is 87.0 Å². The van der Waals surface area contributed by atoms with Crippen molar-refractivity contribution < 1.29 is 13.5 Å². The summed E-state index contributed by atoms with van der Waals surface area (Å²) in [7, 11) is 0. The first-order valence-corrected chi connectivity index (χ1v) is 4.99. The van der Waals surface area contributed by atoms with E-state index in [1.54, 1.807) is 0 Å². The van der Waals surface area contributed by atoms with Crippen molar-refractivity contribution in [1.29, 1.82) is 0 Å². The van der Waals surface area contributed by atoms with Gasteiger partial charge in [-0.3, -0.25) is 0 Å². The van der Waals surface area contributed by atoms with Gasteiger partial charge in [-0.1, -0.05) is 6.07 Å². The van der Waals surface area contributed by atoms with Crippen LogP contribution in [0, 0.1) is 17.6 Å². The molecule has 2 unspecified atom stereocenters. The highest BCUT2D eigenvalue weighted by molar-refractivity contribution is 5.22. The van der Waals surface area contributed by atoms with Crippen molar-refractivity contribution in [2.45, 2.75) is 12.5 Å². The minimum absolute atomic E-state index is 0.130. The Morgan fingerprint density at radius 1 is 1.40 bits per heavy atom. The number of halogens is 2. The Morgan fingerprint density at radius 2 is 2.20 bits per heavy atom. The largest absolute Gasteiger partial charge is 0.373 e. The van der Waals surface area contributed by atoms with E-state index in [-0.39, 0.29) is 12.0 Å². The van der Waals surface area contributed by atoms with Gasteiger partial charge in [-0.05, 0) is 19.0 Å². The molecule has 15 heavy (non-hydrogen) atoms. The topological polar surface area (TPSA) is 35.2 Å². The molecule has 1 aliphatic rings. The summed E-state index contributed by atoms with van der Waals surface area (Å²) in [6, 6.07) is 3.56. The van der Waals surface area contributed by atoms with Crippen molar-refractivity contribution in [1.82, 2.24) is 0 Å². The average molecular weight is 213 g/mol. The summed E-state index contributed by atoms with van der Waals surface area (Å²) in [4.78, 5) is 0. The Balaban J connectivity index is 2.28. The molecule has 2 N–H and O–H groups in total. The molecular weight excluding hydrogens is 200 g/mol. The maximum atomic E-state index is 13.5. The average Bonchev–Trinajstić information content (AvgIpc) is 2.65. The van der Waals surface area contributed by atoms with Crippen LogP contribution in [-0.2, 0) is 4.74 Å². The zero-order valence-electron chi connectivity index (χ0n) is 8.25. The van der Waals surface area contributed by atoms with Gasteiger partial charge in [0.25, 0.3) is 0 Å². The van der Waals surface area contributed by atoms with Gasteiger partial charge in [0.15, 0.2) is 0 Å². The lowest BCUT2D eigenvalue weighted by molar-refractivity contribution is 0.0893. The minimum Gasteiger partial charge on any atom is -0.373 e. The molecular formula is C11H13F2NO. The second kappa shape index (κ2) is 4.24. The Hall–Kier alpha value is -1.00. The number of ether oxygens (including phenoxy) is 1. The van der Waals surface area contributed by atoms with Gasteiger partial charge in [-0.25, -0.2) is 8.78 Å². The molecule has 1 aromatic rings. The zero-order chi connectivity index (χ0) is 10.8.